The molecule has 1 aromatic rings. The average molecular weight is 220 g/mol. The van der Waals surface area contributed by atoms with Crippen LogP contribution in [0, 0.1) is 0 Å². The van der Waals surface area contributed by atoms with Gasteiger partial charge in [0.05, 0.1) is 0 Å². The average Bonchev–Trinajstić information content (AvgIpc) is 2.14. The number of carbonyl (C=O) groups is 1. The van der Waals surface area contributed by atoms with Crippen molar-refractivity contribution < 1.29 is 18.0 Å². The van der Waals surface area contributed by atoms with Crippen molar-refractivity contribution >= 4 is 11.6 Å². The number of nitrogens with one attached hydrogen (secondary N) is 1. The van der Waals surface area contributed by atoms with E-state index in [0.29, 0.717) is 6.07 Å². The van der Waals surface area contributed by atoms with Crippen LogP contribution in [0.2, 0.25) is 0 Å². The number of carbonyl (C=O) groups excluding carboxylic acids is 1. The molecule has 0 spiro atoms. The normalized spacial score (nSPS) is 11.2. The van der Waals surface area contributed by atoms with Crippen molar-refractivity contribution in [2.24, 2.45) is 5.84 Å². The van der Waals surface area contributed by atoms with Crippen molar-refractivity contribution in [3.8, 4) is 0 Å². The molecule has 5 N–H and O–H groups in total. The van der Waals surface area contributed by atoms with Crippen LogP contribution in [0.1, 0.15) is 16.2 Å². The lowest BCUT2D eigenvalue weighted by molar-refractivity contribution is -0.141. The van der Waals surface area contributed by atoms with Gasteiger partial charge in [-0.25, -0.2) is 10.8 Å². The Morgan fingerprint density at radius 2 is 2.00 bits per heavy atom. The number of alkyl halides is 3. The quantitative estimate of drug-likeness (QED) is 0.360. The van der Waals surface area contributed by atoms with Gasteiger partial charge in [-0.05, 0) is 12.1 Å². The molecule has 0 aromatic carbocycles. The summed E-state index contributed by atoms with van der Waals surface area (Å²) in [5.41, 5.74) is 4.92. The Morgan fingerprint density at radius 1 is 1.40 bits per heavy atom. The van der Waals surface area contributed by atoms with E-state index in [9.17, 15) is 18.0 Å². The van der Waals surface area contributed by atoms with Crippen LogP contribution in [0.15, 0.2) is 12.1 Å². The van der Waals surface area contributed by atoms with Gasteiger partial charge in [-0.15, -0.1) is 0 Å². The van der Waals surface area contributed by atoms with Crippen molar-refractivity contribution in [3.63, 3.8) is 0 Å². The lowest BCUT2D eigenvalue weighted by Gasteiger charge is -2.08. The number of amides is 1. The van der Waals surface area contributed by atoms with Crippen LogP contribution in [0.4, 0.5) is 18.9 Å². The highest BCUT2D eigenvalue weighted by molar-refractivity contribution is 5.92. The van der Waals surface area contributed by atoms with Crippen LogP contribution in [0.25, 0.3) is 0 Å². The highest BCUT2D eigenvalue weighted by atomic mass is 19.4. The molecule has 1 aromatic heterocycles. The molecular weight excluding hydrogens is 213 g/mol. The van der Waals surface area contributed by atoms with Crippen LogP contribution in [0.5, 0.6) is 0 Å². The van der Waals surface area contributed by atoms with E-state index in [1.165, 1.54) is 0 Å². The number of hydrazine groups is 1. The third-order valence-corrected chi connectivity index (χ3v) is 1.50. The van der Waals surface area contributed by atoms with Crippen LogP contribution in [-0.4, -0.2) is 10.9 Å². The molecule has 0 saturated heterocycles. The zero-order valence-electron chi connectivity index (χ0n) is 7.30. The fourth-order valence-electron chi connectivity index (χ4n) is 0.887. The predicted molar refractivity (Wildman–Crippen MR) is 45.3 cm³/mol. The lowest BCUT2D eigenvalue weighted by atomic mass is 10.2. The van der Waals surface area contributed by atoms with Crippen molar-refractivity contribution in [3.05, 3.63) is 23.5 Å². The molecule has 0 atom stereocenters. The zero-order chi connectivity index (χ0) is 11.6. The summed E-state index contributed by atoms with van der Waals surface area (Å²) < 4.78 is 36.7. The number of nitrogens with zero attached hydrogens (tertiary/aromatic N) is 1. The topological polar surface area (TPSA) is 94.0 Å². The van der Waals surface area contributed by atoms with E-state index in [4.69, 9.17) is 11.6 Å². The summed E-state index contributed by atoms with van der Waals surface area (Å²) in [6, 6.07) is 1.63. The van der Waals surface area contributed by atoms with E-state index >= 15 is 0 Å². The molecule has 0 aliphatic heterocycles. The summed E-state index contributed by atoms with van der Waals surface area (Å²) in [6.45, 7) is 0. The summed E-state index contributed by atoms with van der Waals surface area (Å²) in [4.78, 5) is 14.0. The number of nitrogens with two attached hydrogens (primary N) is 2. The molecule has 0 aliphatic rings. The van der Waals surface area contributed by atoms with Gasteiger partial charge in [-0.2, -0.15) is 13.2 Å². The maximum Gasteiger partial charge on any atom is 0.433 e. The molecule has 0 radical (unpaired) electrons. The fourth-order valence-corrected chi connectivity index (χ4v) is 0.887. The number of rotatable bonds is 1. The molecule has 0 unspecified atom stereocenters. The Morgan fingerprint density at radius 3 is 2.47 bits per heavy atom. The largest absolute Gasteiger partial charge is 0.433 e. The molecule has 0 bridgehead atoms. The Labute approximate surface area is 82.2 Å². The third kappa shape index (κ3) is 2.56. The molecule has 1 rings (SSSR count). The summed E-state index contributed by atoms with van der Waals surface area (Å²) in [5.74, 6) is 3.81. The second kappa shape index (κ2) is 3.73. The summed E-state index contributed by atoms with van der Waals surface area (Å²) in [5, 5.41) is 0. The Kier molecular flexibility index (Phi) is 2.80. The second-order valence-electron chi connectivity index (χ2n) is 2.64. The Hall–Kier alpha value is -1.83. The van der Waals surface area contributed by atoms with E-state index < -0.39 is 23.5 Å². The van der Waals surface area contributed by atoms with Gasteiger partial charge in [0.1, 0.15) is 11.4 Å². The first-order chi connectivity index (χ1) is 6.84. The second-order valence-corrected chi connectivity index (χ2v) is 2.64. The Bertz CT molecular complexity index is 390. The third-order valence-electron chi connectivity index (χ3n) is 1.50. The van der Waals surface area contributed by atoms with Crippen LogP contribution in [0.3, 0.4) is 0 Å². The van der Waals surface area contributed by atoms with E-state index in [2.05, 4.69) is 4.98 Å². The first kappa shape index (κ1) is 11.2. The molecular formula is C7H7F3N4O. The molecule has 5 nitrogen and oxygen atoms in total. The number of pyridine rings is 1. The fraction of sp³-hybridized carbons (Fsp3) is 0.143. The van der Waals surface area contributed by atoms with Gasteiger partial charge in [0.2, 0.25) is 0 Å². The molecule has 8 heteroatoms. The van der Waals surface area contributed by atoms with E-state index in [1.807, 2.05) is 0 Å². The van der Waals surface area contributed by atoms with Gasteiger partial charge in [0.25, 0.3) is 5.91 Å². The van der Waals surface area contributed by atoms with E-state index in [-0.39, 0.29) is 5.69 Å². The molecule has 0 saturated carbocycles. The highest BCUT2D eigenvalue weighted by Gasteiger charge is 2.33. The van der Waals surface area contributed by atoms with Crippen molar-refractivity contribution in [1.29, 1.82) is 0 Å². The first-order valence-corrected chi connectivity index (χ1v) is 3.70. The van der Waals surface area contributed by atoms with Crippen molar-refractivity contribution in [2.75, 3.05) is 5.73 Å². The minimum absolute atomic E-state index is 0.212. The van der Waals surface area contributed by atoms with Crippen molar-refractivity contribution in [1.82, 2.24) is 10.4 Å². The smallest absolute Gasteiger partial charge is 0.399 e. The van der Waals surface area contributed by atoms with E-state index in [1.54, 1.807) is 5.43 Å². The van der Waals surface area contributed by atoms with Gasteiger partial charge < -0.3 is 5.73 Å². The van der Waals surface area contributed by atoms with Crippen LogP contribution < -0.4 is 17.0 Å². The summed E-state index contributed by atoms with van der Waals surface area (Å²) >= 11 is 0. The number of aromatic nitrogens is 1. The molecule has 1 amide bonds. The van der Waals surface area contributed by atoms with Gasteiger partial charge in [-0.3, -0.25) is 10.2 Å². The maximum atomic E-state index is 12.2. The number of nitrogen functional groups attached to an aromatic ring is 2. The van der Waals surface area contributed by atoms with Crippen LogP contribution >= 0.6 is 0 Å². The van der Waals surface area contributed by atoms with Gasteiger partial charge >= 0.3 is 6.18 Å². The van der Waals surface area contributed by atoms with E-state index in [0.717, 1.165) is 6.07 Å². The number of anilines is 1. The first-order valence-electron chi connectivity index (χ1n) is 3.70. The molecule has 0 aliphatic carbocycles. The number of halogens is 3. The number of hydrogen-bond donors (Lipinski definition) is 3. The SMILES string of the molecule is NNC(=O)c1cc(N)cc(C(F)(F)F)n1. The summed E-state index contributed by atoms with van der Waals surface area (Å²) in [7, 11) is 0. The lowest BCUT2D eigenvalue weighted by Crippen LogP contribution is -2.31. The van der Waals surface area contributed by atoms with Gasteiger partial charge in [0, 0.05) is 5.69 Å². The molecule has 82 valence electrons. The van der Waals surface area contributed by atoms with Crippen LogP contribution in [-0.2, 0) is 6.18 Å². The standard InChI is InChI=1S/C7H7F3N4O/c8-7(9,10)5-2-3(11)1-4(13-5)6(15)14-12/h1-2H,12H2,(H2,11,13)(H,14,15). The predicted octanol–water partition coefficient (Wildman–Crippen LogP) is 0.286. The Balaban J connectivity index is 3.23. The molecule has 0 fully saturated rings. The zero-order valence-corrected chi connectivity index (χ0v) is 7.30. The van der Waals surface area contributed by atoms with Gasteiger partial charge in [0.15, 0.2) is 0 Å². The minimum Gasteiger partial charge on any atom is -0.399 e. The molecule has 15 heavy (non-hydrogen) atoms. The molecule has 1 heterocycles. The minimum atomic E-state index is -4.65. The summed E-state index contributed by atoms with van der Waals surface area (Å²) in [6.07, 6.45) is -4.65. The van der Waals surface area contributed by atoms with Crippen molar-refractivity contribution in [2.45, 2.75) is 6.18 Å². The highest BCUT2D eigenvalue weighted by Crippen LogP contribution is 2.28. The maximum absolute atomic E-state index is 12.2. The number of hydrogen-bond acceptors (Lipinski definition) is 4. The monoisotopic (exact) mass is 220 g/mol. The van der Waals surface area contributed by atoms with Gasteiger partial charge in [-0.1, -0.05) is 0 Å².